The number of nitrogens with one attached hydrogen (secondary N) is 1. The van der Waals surface area contributed by atoms with Gasteiger partial charge in [0.15, 0.2) is 6.67 Å². The van der Waals surface area contributed by atoms with Gasteiger partial charge in [0.2, 0.25) is 4.77 Å². The predicted octanol–water partition coefficient (Wildman–Crippen LogP) is 2.48. The Morgan fingerprint density at radius 1 is 1.11 bits per heavy atom. The van der Waals surface area contributed by atoms with Crippen LogP contribution in [0.3, 0.4) is 0 Å². The summed E-state index contributed by atoms with van der Waals surface area (Å²) in [6.07, 6.45) is 1.75. The van der Waals surface area contributed by atoms with Gasteiger partial charge >= 0.3 is 0 Å². The normalized spacial score (nSPS) is 12.0. The zero-order valence-electron chi connectivity index (χ0n) is 15.9. The van der Waals surface area contributed by atoms with Gasteiger partial charge in [0, 0.05) is 11.6 Å². The fraction of sp³-hybridized carbons (Fsp3) is 0.300. The monoisotopic (exact) mass is 385 g/mol. The van der Waals surface area contributed by atoms with Gasteiger partial charge in [-0.3, -0.25) is 4.57 Å². The van der Waals surface area contributed by atoms with Crippen LogP contribution in [0, 0.1) is 4.77 Å². The lowest BCUT2D eigenvalue weighted by molar-refractivity contribution is -0.917. The fourth-order valence-corrected chi connectivity index (χ4v) is 3.18. The molecular formula is C20H25N4O2S+. The largest absolute Gasteiger partial charge is 0.497 e. The summed E-state index contributed by atoms with van der Waals surface area (Å²) in [7, 11) is 3.78. The van der Waals surface area contributed by atoms with Crippen molar-refractivity contribution in [2.45, 2.75) is 20.1 Å². The van der Waals surface area contributed by atoms with Gasteiger partial charge in [-0.1, -0.05) is 6.07 Å². The van der Waals surface area contributed by atoms with Crippen LogP contribution in [0.4, 0.5) is 0 Å². The number of rotatable bonds is 8. The molecule has 0 spiro atoms. The van der Waals surface area contributed by atoms with Crippen molar-refractivity contribution in [1.29, 1.82) is 0 Å². The van der Waals surface area contributed by atoms with Gasteiger partial charge < -0.3 is 14.4 Å². The molecule has 0 aliphatic heterocycles. The molecule has 0 aliphatic rings. The van der Waals surface area contributed by atoms with E-state index in [4.69, 9.17) is 21.7 Å². The molecule has 1 unspecified atom stereocenters. The van der Waals surface area contributed by atoms with Crippen molar-refractivity contribution < 1.29 is 14.4 Å². The van der Waals surface area contributed by atoms with E-state index in [0.29, 0.717) is 18.0 Å². The molecule has 0 amide bonds. The number of hydrogen-bond acceptors (Lipinski definition) is 4. The van der Waals surface area contributed by atoms with Crippen molar-refractivity contribution in [3.05, 3.63) is 65.2 Å². The van der Waals surface area contributed by atoms with Crippen molar-refractivity contribution in [1.82, 2.24) is 14.3 Å². The minimum atomic E-state index is 0.661. The van der Waals surface area contributed by atoms with Crippen LogP contribution < -0.4 is 14.4 Å². The lowest BCUT2D eigenvalue weighted by Crippen LogP contribution is -3.07. The molecule has 0 radical (unpaired) electrons. The SMILES string of the molecule is CCOc1ccc(C[NH+](C)Cn2ncn(-c3cccc(OC)c3)c2=S)cc1. The van der Waals surface area contributed by atoms with Gasteiger partial charge in [-0.25, -0.2) is 0 Å². The second-order valence-electron chi connectivity index (χ2n) is 6.35. The topological polar surface area (TPSA) is 45.7 Å². The van der Waals surface area contributed by atoms with E-state index in [1.807, 2.05) is 52.6 Å². The minimum Gasteiger partial charge on any atom is -0.497 e. The van der Waals surface area contributed by atoms with Gasteiger partial charge in [0.05, 0.1) is 26.5 Å². The Kier molecular flexibility index (Phi) is 6.26. The minimum absolute atomic E-state index is 0.661. The van der Waals surface area contributed by atoms with E-state index in [9.17, 15) is 0 Å². The molecule has 1 N–H and O–H groups in total. The molecule has 1 heterocycles. The molecule has 0 aliphatic carbocycles. The average molecular weight is 386 g/mol. The molecule has 6 nitrogen and oxygen atoms in total. The van der Waals surface area contributed by atoms with Crippen molar-refractivity contribution >= 4 is 12.2 Å². The first-order valence-electron chi connectivity index (χ1n) is 8.92. The number of benzene rings is 2. The van der Waals surface area contributed by atoms with Gasteiger partial charge in [-0.15, -0.1) is 0 Å². The highest BCUT2D eigenvalue weighted by molar-refractivity contribution is 7.71. The first-order valence-corrected chi connectivity index (χ1v) is 9.33. The van der Waals surface area contributed by atoms with Crippen molar-refractivity contribution in [3.63, 3.8) is 0 Å². The molecule has 7 heteroatoms. The number of hydrogen-bond donors (Lipinski definition) is 1. The summed E-state index contributed by atoms with van der Waals surface area (Å²) in [6.45, 7) is 4.22. The third-order valence-corrected chi connectivity index (χ3v) is 4.63. The van der Waals surface area contributed by atoms with Crippen LogP contribution in [0.1, 0.15) is 12.5 Å². The fourth-order valence-electron chi connectivity index (χ4n) is 2.91. The molecule has 3 aromatic rings. The summed E-state index contributed by atoms with van der Waals surface area (Å²) < 4.78 is 15.2. The molecule has 1 atom stereocenters. The van der Waals surface area contributed by atoms with Crippen LogP contribution in [-0.4, -0.2) is 35.1 Å². The van der Waals surface area contributed by atoms with E-state index in [2.05, 4.69) is 24.3 Å². The van der Waals surface area contributed by atoms with E-state index in [1.165, 1.54) is 10.5 Å². The van der Waals surface area contributed by atoms with Gasteiger partial charge in [0.1, 0.15) is 24.4 Å². The number of quaternary nitrogens is 1. The highest BCUT2D eigenvalue weighted by atomic mass is 32.1. The maximum absolute atomic E-state index is 5.61. The Bertz CT molecular complexity index is 934. The van der Waals surface area contributed by atoms with E-state index in [-0.39, 0.29) is 0 Å². The van der Waals surface area contributed by atoms with Crippen LogP contribution in [0.2, 0.25) is 0 Å². The predicted molar refractivity (Wildman–Crippen MR) is 107 cm³/mol. The Hall–Kier alpha value is -2.64. The van der Waals surface area contributed by atoms with E-state index in [1.54, 1.807) is 13.4 Å². The molecule has 27 heavy (non-hydrogen) atoms. The third kappa shape index (κ3) is 4.75. The molecule has 0 saturated heterocycles. The zero-order chi connectivity index (χ0) is 19.2. The van der Waals surface area contributed by atoms with Crippen LogP contribution in [0.25, 0.3) is 5.69 Å². The van der Waals surface area contributed by atoms with Crippen LogP contribution in [0.5, 0.6) is 11.5 Å². The summed E-state index contributed by atoms with van der Waals surface area (Å²) >= 11 is 5.61. The smallest absolute Gasteiger partial charge is 0.207 e. The molecule has 2 aromatic carbocycles. The van der Waals surface area contributed by atoms with Crippen LogP contribution in [0.15, 0.2) is 54.9 Å². The van der Waals surface area contributed by atoms with Crippen molar-refractivity contribution in [3.8, 4) is 17.2 Å². The summed E-state index contributed by atoms with van der Waals surface area (Å²) in [5.74, 6) is 1.69. The Morgan fingerprint density at radius 3 is 2.59 bits per heavy atom. The molecule has 0 saturated carbocycles. The maximum atomic E-state index is 5.61. The maximum Gasteiger partial charge on any atom is 0.207 e. The first kappa shape index (κ1) is 19.1. The average Bonchev–Trinajstić information content (AvgIpc) is 3.04. The lowest BCUT2D eigenvalue weighted by atomic mass is 10.2. The number of nitrogens with zero attached hydrogens (tertiary/aromatic N) is 3. The second kappa shape index (κ2) is 8.83. The highest BCUT2D eigenvalue weighted by Crippen LogP contribution is 2.16. The second-order valence-corrected chi connectivity index (χ2v) is 6.72. The molecule has 1 aromatic heterocycles. The Labute approximate surface area is 164 Å². The molecular weight excluding hydrogens is 360 g/mol. The van der Waals surface area contributed by atoms with Crippen LogP contribution in [-0.2, 0) is 13.2 Å². The summed E-state index contributed by atoms with van der Waals surface area (Å²) in [4.78, 5) is 1.28. The quantitative estimate of drug-likeness (QED) is 0.605. The summed E-state index contributed by atoms with van der Waals surface area (Å²) in [5.41, 5.74) is 2.18. The van der Waals surface area contributed by atoms with Crippen molar-refractivity contribution in [2.24, 2.45) is 0 Å². The van der Waals surface area contributed by atoms with Crippen LogP contribution >= 0.6 is 12.2 Å². The highest BCUT2D eigenvalue weighted by Gasteiger charge is 2.10. The van der Waals surface area contributed by atoms with E-state index in [0.717, 1.165) is 23.7 Å². The molecule has 3 rings (SSSR count). The summed E-state index contributed by atoms with van der Waals surface area (Å²) in [5, 5.41) is 4.46. The van der Waals surface area contributed by atoms with Gasteiger partial charge in [-0.05, 0) is 55.5 Å². The Morgan fingerprint density at radius 2 is 1.89 bits per heavy atom. The van der Waals surface area contributed by atoms with E-state index >= 15 is 0 Å². The standard InChI is InChI=1S/C20H24N4O2S/c1-4-26-18-10-8-16(9-11-18)13-22(2)15-24-20(27)23(14-21-24)17-6-5-7-19(12-17)25-3/h5-12,14H,4,13,15H2,1-3H3/p+1. The number of aromatic nitrogens is 3. The molecule has 142 valence electrons. The molecule has 0 fully saturated rings. The lowest BCUT2D eigenvalue weighted by Gasteiger charge is -2.14. The third-order valence-electron chi connectivity index (χ3n) is 4.22. The summed E-state index contributed by atoms with van der Waals surface area (Å²) in [6, 6.07) is 16.0. The number of ether oxygens (including phenoxy) is 2. The van der Waals surface area contributed by atoms with Gasteiger partial charge in [-0.2, -0.15) is 9.78 Å². The zero-order valence-corrected chi connectivity index (χ0v) is 16.7. The van der Waals surface area contributed by atoms with E-state index < -0.39 is 0 Å². The van der Waals surface area contributed by atoms with Crippen molar-refractivity contribution in [2.75, 3.05) is 20.8 Å². The Balaban J connectivity index is 1.68. The van der Waals surface area contributed by atoms with Gasteiger partial charge in [0.25, 0.3) is 0 Å². The number of methoxy groups -OCH3 is 1. The molecule has 0 bridgehead atoms. The first-order chi connectivity index (χ1) is 13.1.